The molecular formula is C18H18N2O2S2. The molecule has 0 spiro atoms. The van der Waals surface area contributed by atoms with E-state index in [4.69, 9.17) is 4.42 Å². The van der Waals surface area contributed by atoms with E-state index in [1.165, 1.54) is 15.3 Å². The molecule has 4 rings (SSSR count). The number of hydrogen-bond acceptors (Lipinski definition) is 5. The molecule has 124 valence electrons. The Bertz CT molecular complexity index is 793. The van der Waals surface area contributed by atoms with Crippen LogP contribution in [0, 0.1) is 0 Å². The second kappa shape index (κ2) is 6.93. The maximum Gasteiger partial charge on any atom is 0.234 e. The predicted molar refractivity (Wildman–Crippen MR) is 96.3 cm³/mol. The third-order valence-electron chi connectivity index (χ3n) is 4.26. The van der Waals surface area contributed by atoms with E-state index in [1.807, 2.05) is 23.5 Å². The van der Waals surface area contributed by atoms with Crippen LogP contribution in [-0.4, -0.2) is 23.9 Å². The lowest BCUT2D eigenvalue weighted by Gasteiger charge is -2.34. The molecule has 0 fully saturated rings. The van der Waals surface area contributed by atoms with E-state index in [0.717, 1.165) is 18.7 Å². The van der Waals surface area contributed by atoms with E-state index in [2.05, 4.69) is 39.2 Å². The zero-order valence-corrected chi connectivity index (χ0v) is 14.7. The van der Waals surface area contributed by atoms with Crippen molar-refractivity contribution in [3.63, 3.8) is 0 Å². The number of nitrogens with one attached hydrogen (secondary N) is 1. The van der Waals surface area contributed by atoms with Gasteiger partial charge in [0, 0.05) is 16.3 Å². The van der Waals surface area contributed by atoms with Gasteiger partial charge in [-0.2, -0.15) is 0 Å². The van der Waals surface area contributed by atoms with E-state index in [9.17, 15) is 4.79 Å². The van der Waals surface area contributed by atoms with E-state index < -0.39 is 0 Å². The molecule has 4 nitrogen and oxygen atoms in total. The summed E-state index contributed by atoms with van der Waals surface area (Å²) in [6.45, 7) is 1.75. The van der Waals surface area contributed by atoms with Crippen LogP contribution in [0.3, 0.4) is 0 Å². The molecule has 0 aliphatic carbocycles. The van der Waals surface area contributed by atoms with Gasteiger partial charge in [0.05, 0.1) is 25.4 Å². The maximum absolute atomic E-state index is 12.4. The molecule has 4 heterocycles. The summed E-state index contributed by atoms with van der Waals surface area (Å²) in [5.74, 6) is 0.809. The van der Waals surface area contributed by atoms with Crippen LogP contribution in [0.25, 0.3) is 0 Å². The standard InChI is InChI=1S/C18H18N2O2S2/c21-17(19-11-13-3-1-8-22-13)12-20-7-5-15-14(6-10-24-15)18(20)16-4-2-9-23-16/h1-4,6,8-10,18H,5,7,11-12H2,(H,19,21)/t18-/m1/s1. The molecule has 0 bridgehead atoms. The van der Waals surface area contributed by atoms with Gasteiger partial charge >= 0.3 is 0 Å². The summed E-state index contributed by atoms with van der Waals surface area (Å²) in [6, 6.07) is 10.3. The molecule has 0 saturated carbocycles. The first-order chi connectivity index (χ1) is 11.8. The van der Waals surface area contributed by atoms with E-state index >= 15 is 0 Å². The SMILES string of the molecule is O=C(CN1CCc2sccc2[C@@H]1c1cccs1)NCc1ccco1. The van der Waals surface area contributed by atoms with Crippen molar-refractivity contribution in [1.29, 1.82) is 0 Å². The van der Waals surface area contributed by atoms with Crippen LogP contribution in [0.5, 0.6) is 0 Å². The number of fused-ring (bicyclic) bond motifs is 1. The van der Waals surface area contributed by atoms with Gasteiger partial charge in [0.15, 0.2) is 0 Å². The number of carbonyl (C=O) groups is 1. The van der Waals surface area contributed by atoms with Crippen LogP contribution in [0.15, 0.2) is 51.8 Å². The normalized spacial score (nSPS) is 17.6. The van der Waals surface area contributed by atoms with Gasteiger partial charge in [0.1, 0.15) is 5.76 Å². The van der Waals surface area contributed by atoms with E-state index in [-0.39, 0.29) is 11.9 Å². The Morgan fingerprint density at radius 1 is 1.25 bits per heavy atom. The third-order valence-corrected chi connectivity index (χ3v) is 6.19. The van der Waals surface area contributed by atoms with Gasteiger partial charge < -0.3 is 9.73 Å². The molecule has 1 amide bonds. The van der Waals surface area contributed by atoms with Crippen molar-refractivity contribution >= 4 is 28.6 Å². The highest BCUT2D eigenvalue weighted by Crippen LogP contribution is 2.39. The van der Waals surface area contributed by atoms with Gasteiger partial charge in [-0.15, -0.1) is 22.7 Å². The van der Waals surface area contributed by atoms with Gasteiger partial charge in [-0.05, 0) is 47.0 Å². The first kappa shape index (κ1) is 15.6. The Hall–Kier alpha value is -1.89. The van der Waals surface area contributed by atoms with Crippen LogP contribution >= 0.6 is 22.7 Å². The minimum Gasteiger partial charge on any atom is -0.467 e. The predicted octanol–water partition coefficient (Wildman–Crippen LogP) is 3.67. The van der Waals surface area contributed by atoms with Crippen molar-refractivity contribution in [2.75, 3.05) is 13.1 Å². The topological polar surface area (TPSA) is 45.5 Å². The number of nitrogens with zero attached hydrogens (tertiary/aromatic N) is 1. The molecule has 24 heavy (non-hydrogen) atoms. The Balaban J connectivity index is 1.48. The molecule has 3 aromatic heterocycles. The average Bonchev–Trinajstić information content (AvgIpc) is 3.33. The highest BCUT2D eigenvalue weighted by molar-refractivity contribution is 7.10. The van der Waals surface area contributed by atoms with Crippen molar-refractivity contribution in [2.45, 2.75) is 19.0 Å². The van der Waals surface area contributed by atoms with Crippen LogP contribution in [0.2, 0.25) is 0 Å². The minimum atomic E-state index is 0.0339. The van der Waals surface area contributed by atoms with Gasteiger partial charge in [0.25, 0.3) is 0 Å². The van der Waals surface area contributed by atoms with Gasteiger partial charge in [-0.1, -0.05) is 6.07 Å². The average molecular weight is 358 g/mol. The summed E-state index contributed by atoms with van der Waals surface area (Å²) in [6.07, 6.45) is 2.64. The summed E-state index contributed by atoms with van der Waals surface area (Å²) in [5, 5.41) is 7.21. The molecule has 0 radical (unpaired) electrons. The second-order valence-electron chi connectivity index (χ2n) is 5.79. The minimum absolute atomic E-state index is 0.0339. The monoisotopic (exact) mass is 358 g/mol. The lowest BCUT2D eigenvalue weighted by atomic mass is 9.98. The second-order valence-corrected chi connectivity index (χ2v) is 7.77. The van der Waals surface area contributed by atoms with E-state index in [0.29, 0.717) is 13.1 Å². The third kappa shape index (κ3) is 3.17. The molecule has 0 aromatic carbocycles. The fourth-order valence-electron chi connectivity index (χ4n) is 3.16. The lowest BCUT2D eigenvalue weighted by molar-refractivity contribution is -0.123. The summed E-state index contributed by atoms with van der Waals surface area (Å²) < 4.78 is 5.26. The molecule has 3 aromatic rings. The van der Waals surface area contributed by atoms with Crippen molar-refractivity contribution < 1.29 is 9.21 Å². The van der Waals surface area contributed by atoms with Crippen molar-refractivity contribution in [3.05, 3.63) is 68.4 Å². The van der Waals surface area contributed by atoms with Gasteiger partial charge in [0.2, 0.25) is 5.91 Å². The molecular weight excluding hydrogens is 340 g/mol. The number of amides is 1. The van der Waals surface area contributed by atoms with Crippen molar-refractivity contribution in [2.24, 2.45) is 0 Å². The Morgan fingerprint density at radius 3 is 3.00 bits per heavy atom. The fourth-order valence-corrected chi connectivity index (χ4v) is 4.94. The quantitative estimate of drug-likeness (QED) is 0.757. The number of hydrogen-bond donors (Lipinski definition) is 1. The first-order valence-electron chi connectivity index (χ1n) is 7.94. The summed E-state index contributed by atoms with van der Waals surface area (Å²) in [4.78, 5) is 17.4. The number of thiophene rings is 2. The number of furan rings is 1. The first-order valence-corrected chi connectivity index (χ1v) is 9.70. The summed E-state index contributed by atoms with van der Waals surface area (Å²) >= 11 is 3.58. The maximum atomic E-state index is 12.4. The molecule has 1 N–H and O–H groups in total. The van der Waals surface area contributed by atoms with Crippen LogP contribution in [0.1, 0.15) is 27.1 Å². The summed E-state index contributed by atoms with van der Waals surface area (Å²) in [5.41, 5.74) is 1.35. The Kier molecular flexibility index (Phi) is 4.51. The highest BCUT2D eigenvalue weighted by Gasteiger charge is 2.31. The summed E-state index contributed by atoms with van der Waals surface area (Å²) in [7, 11) is 0. The van der Waals surface area contributed by atoms with Gasteiger partial charge in [-0.25, -0.2) is 0 Å². The smallest absolute Gasteiger partial charge is 0.234 e. The molecule has 1 aliphatic heterocycles. The zero-order valence-electron chi connectivity index (χ0n) is 13.1. The van der Waals surface area contributed by atoms with Crippen LogP contribution in [0.4, 0.5) is 0 Å². The Morgan fingerprint density at radius 2 is 2.21 bits per heavy atom. The molecule has 0 saturated heterocycles. The molecule has 1 atom stereocenters. The molecule has 0 unspecified atom stereocenters. The van der Waals surface area contributed by atoms with Crippen molar-refractivity contribution in [1.82, 2.24) is 10.2 Å². The van der Waals surface area contributed by atoms with Gasteiger partial charge in [-0.3, -0.25) is 9.69 Å². The molecule has 6 heteroatoms. The van der Waals surface area contributed by atoms with Crippen LogP contribution in [-0.2, 0) is 17.8 Å². The molecule has 1 aliphatic rings. The van der Waals surface area contributed by atoms with Crippen molar-refractivity contribution in [3.8, 4) is 0 Å². The van der Waals surface area contributed by atoms with E-state index in [1.54, 1.807) is 17.6 Å². The largest absolute Gasteiger partial charge is 0.467 e. The van der Waals surface area contributed by atoms with Crippen LogP contribution < -0.4 is 5.32 Å². The zero-order chi connectivity index (χ0) is 16.4. The number of carbonyl (C=O) groups excluding carboxylic acids is 1. The Labute approximate surface area is 148 Å². The highest BCUT2D eigenvalue weighted by atomic mass is 32.1. The fraction of sp³-hybridized carbons (Fsp3) is 0.278. The lowest BCUT2D eigenvalue weighted by Crippen LogP contribution is -2.42. The number of rotatable bonds is 5.